The zero-order chi connectivity index (χ0) is 31.7. The maximum atomic E-state index is 13.9. The molecule has 0 unspecified atom stereocenters. The van der Waals surface area contributed by atoms with E-state index < -0.39 is 10.0 Å². The number of nitrogens with zero attached hydrogens (tertiary/aromatic N) is 3. The molecule has 1 saturated heterocycles. The Bertz CT molecular complexity index is 1850. The molecule has 1 fully saturated rings. The molecule has 1 N–H and O–H groups in total. The number of carbonyl (C=O) groups is 2. The molecule has 0 saturated carbocycles. The normalized spacial score (nSPS) is 16.9. The molecule has 1 aromatic heterocycles. The first-order chi connectivity index (χ1) is 22.4. The Labute approximate surface area is 273 Å². The van der Waals surface area contributed by atoms with E-state index in [2.05, 4.69) is 22.3 Å². The van der Waals surface area contributed by atoms with Gasteiger partial charge in [0.15, 0.2) is 0 Å². The number of hydrogen-bond acceptors (Lipinski definition) is 7. The number of para-hydroxylation sites is 1. The SMILES string of the molecule is O=C(Nc1sc2c(c1C(=O)N1CCOCC1)CCN(Cc1ccccc1)C2)c1ccc(S(=O)(=O)N2CCCc3ccccc32)cc1. The molecule has 9 nitrogen and oxygen atoms in total. The first-order valence-electron chi connectivity index (χ1n) is 15.7. The van der Waals surface area contributed by atoms with Crippen molar-refractivity contribution in [3.8, 4) is 0 Å². The maximum absolute atomic E-state index is 13.9. The van der Waals surface area contributed by atoms with E-state index in [4.69, 9.17) is 4.74 Å². The number of hydrogen-bond donors (Lipinski definition) is 1. The molecule has 3 aromatic carbocycles. The molecule has 0 aliphatic carbocycles. The van der Waals surface area contributed by atoms with Gasteiger partial charge < -0.3 is 15.0 Å². The summed E-state index contributed by atoms with van der Waals surface area (Å²) in [5.41, 5.74) is 4.84. The van der Waals surface area contributed by atoms with Crippen molar-refractivity contribution < 1.29 is 22.7 Å². The topological polar surface area (TPSA) is 99.3 Å². The third-order valence-corrected chi connectivity index (χ3v) is 11.9. The van der Waals surface area contributed by atoms with Crippen LogP contribution in [0.15, 0.2) is 83.8 Å². The monoisotopic (exact) mass is 656 g/mol. The maximum Gasteiger partial charge on any atom is 0.264 e. The van der Waals surface area contributed by atoms with Crippen LogP contribution in [0.25, 0.3) is 0 Å². The average molecular weight is 657 g/mol. The number of benzene rings is 3. The summed E-state index contributed by atoms with van der Waals surface area (Å²) in [6.45, 7) is 4.72. The molecule has 3 aliphatic rings. The van der Waals surface area contributed by atoms with E-state index in [1.54, 1.807) is 4.90 Å². The first kappa shape index (κ1) is 30.6. The van der Waals surface area contributed by atoms with Crippen LogP contribution in [0.5, 0.6) is 0 Å². The summed E-state index contributed by atoms with van der Waals surface area (Å²) in [7, 11) is -3.80. The number of sulfonamides is 1. The van der Waals surface area contributed by atoms with Crippen molar-refractivity contribution in [2.24, 2.45) is 0 Å². The number of carbonyl (C=O) groups excluding carboxylic acids is 2. The van der Waals surface area contributed by atoms with E-state index >= 15 is 0 Å². The molecule has 4 aromatic rings. The number of thiophene rings is 1. The standard InChI is InChI=1S/C35H36N4O5S2/c40-33(27-12-14-28(15-13-27)46(42,43)39-17-6-10-26-9-4-5-11-30(26)39)36-34-32(35(41)38-19-21-44-22-20-38)29-16-18-37(24-31(29)45-34)23-25-7-2-1-3-8-25/h1-5,7-9,11-15H,6,10,16-24H2,(H,36,40). The molecular formula is C35H36N4O5S2. The van der Waals surface area contributed by atoms with Crippen LogP contribution in [0.3, 0.4) is 0 Å². The number of nitrogens with one attached hydrogen (secondary N) is 1. The number of ether oxygens (including phenoxy) is 1. The average Bonchev–Trinajstić information content (AvgIpc) is 3.45. The van der Waals surface area contributed by atoms with Crippen LogP contribution in [-0.2, 0) is 40.7 Å². The molecule has 4 heterocycles. The Morgan fingerprint density at radius 1 is 0.848 bits per heavy atom. The van der Waals surface area contributed by atoms with Gasteiger partial charge in [0.2, 0.25) is 0 Å². The summed E-state index contributed by atoms with van der Waals surface area (Å²) in [6, 6.07) is 23.9. The molecule has 238 valence electrons. The third-order valence-electron chi connectivity index (χ3n) is 8.90. The molecule has 11 heteroatoms. The zero-order valence-corrected chi connectivity index (χ0v) is 27.1. The summed E-state index contributed by atoms with van der Waals surface area (Å²) in [5, 5.41) is 3.56. The predicted molar refractivity (Wildman–Crippen MR) is 179 cm³/mol. The summed E-state index contributed by atoms with van der Waals surface area (Å²) >= 11 is 1.46. The highest BCUT2D eigenvalue weighted by molar-refractivity contribution is 7.92. The van der Waals surface area contributed by atoms with Crippen molar-refractivity contribution in [1.82, 2.24) is 9.80 Å². The zero-order valence-electron chi connectivity index (χ0n) is 25.5. The summed E-state index contributed by atoms with van der Waals surface area (Å²) in [6.07, 6.45) is 2.30. The van der Waals surface area contributed by atoms with Crippen LogP contribution in [-0.4, -0.2) is 69.4 Å². The van der Waals surface area contributed by atoms with Crippen molar-refractivity contribution in [3.63, 3.8) is 0 Å². The summed E-state index contributed by atoms with van der Waals surface area (Å²) < 4.78 is 34.2. The van der Waals surface area contributed by atoms with Crippen molar-refractivity contribution in [2.75, 3.05) is 49.0 Å². The van der Waals surface area contributed by atoms with Gasteiger partial charge in [-0.3, -0.25) is 18.8 Å². The summed E-state index contributed by atoms with van der Waals surface area (Å²) in [4.78, 5) is 32.8. The van der Waals surface area contributed by atoms with Gasteiger partial charge in [0, 0.05) is 49.7 Å². The second kappa shape index (κ2) is 13.0. The van der Waals surface area contributed by atoms with E-state index in [0.717, 1.165) is 41.9 Å². The van der Waals surface area contributed by atoms with Crippen molar-refractivity contribution in [3.05, 3.63) is 112 Å². The number of morpholine rings is 1. The number of fused-ring (bicyclic) bond motifs is 2. The molecular weight excluding hydrogens is 621 g/mol. The van der Waals surface area contributed by atoms with E-state index in [1.165, 1.54) is 45.5 Å². The minimum absolute atomic E-state index is 0.0872. The van der Waals surface area contributed by atoms with Gasteiger partial charge in [-0.2, -0.15) is 0 Å². The van der Waals surface area contributed by atoms with E-state index in [0.29, 0.717) is 67.6 Å². The highest BCUT2D eigenvalue weighted by Crippen LogP contribution is 2.39. The second-order valence-electron chi connectivity index (χ2n) is 11.8. The lowest BCUT2D eigenvalue weighted by Crippen LogP contribution is -2.41. The van der Waals surface area contributed by atoms with Crippen LogP contribution in [0.1, 0.15) is 48.7 Å². The first-order valence-corrected chi connectivity index (χ1v) is 17.9. The fourth-order valence-electron chi connectivity index (χ4n) is 6.50. The number of amides is 2. The van der Waals surface area contributed by atoms with E-state index in [9.17, 15) is 18.0 Å². The Balaban J connectivity index is 1.13. The number of anilines is 2. The molecule has 0 atom stereocenters. The van der Waals surface area contributed by atoms with Gasteiger partial charge in [-0.15, -0.1) is 11.3 Å². The minimum Gasteiger partial charge on any atom is -0.378 e. The van der Waals surface area contributed by atoms with Gasteiger partial charge in [-0.05, 0) is 66.3 Å². The Kier molecular flexibility index (Phi) is 8.65. The largest absolute Gasteiger partial charge is 0.378 e. The van der Waals surface area contributed by atoms with E-state index in [-0.39, 0.29) is 16.7 Å². The van der Waals surface area contributed by atoms with Gasteiger partial charge in [0.1, 0.15) is 5.00 Å². The quantitative estimate of drug-likeness (QED) is 0.295. The van der Waals surface area contributed by atoms with E-state index in [1.807, 2.05) is 42.5 Å². The van der Waals surface area contributed by atoms with Crippen LogP contribution >= 0.6 is 11.3 Å². The van der Waals surface area contributed by atoms with Crippen LogP contribution in [0, 0.1) is 0 Å². The Morgan fingerprint density at radius 3 is 2.37 bits per heavy atom. The highest BCUT2D eigenvalue weighted by Gasteiger charge is 2.33. The molecule has 2 amide bonds. The lowest BCUT2D eigenvalue weighted by molar-refractivity contribution is 0.0302. The van der Waals surface area contributed by atoms with Crippen LogP contribution in [0.4, 0.5) is 10.7 Å². The predicted octanol–water partition coefficient (Wildman–Crippen LogP) is 5.17. The molecule has 0 bridgehead atoms. The van der Waals surface area contributed by atoms with Gasteiger partial charge >= 0.3 is 0 Å². The van der Waals surface area contributed by atoms with Crippen molar-refractivity contribution in [2.45, 2.75) is 37.2 Å². The fraction of sp³-hybridized carbons (Fsp3) is 0.314. The van der Waals surface area contributed by atoms with Gasteiger partial charge in [-0.25, -0.2) is 8.42 Å². The molecule has 7 rings (SSSR count). The molecule has 3 aliphatic heterocycles. The Morgan fingerprint density at radius 2 is 1.59 bits per heavy atom. The van der Waals surface area contributed by atoms with Gasteiger partial charge in [0.25, 0.3) is 21.8 Å². The number of aryl methyl sites for hydroxylation is 1. The minimum atomic E-state index is -3.80. The molecule has 0 radical (unpaired) electrons. The number of rotatable bonds is 7. The van der Waals surface area contributed by atoms with Crippen LogP contribution < -0.4 is 9.62 Å². The molecule has 0 spiro atoms. The third kappa shape index (κ3) is 6.07. The van der Waals surface area contributed by atoms with Crippen molar-refractivity contribution in [1.29, 1.82) is 0 Å². The summed E-state index contributed by atoms with van der Waals surface area (Å²) in [5.74, 6) is -0.473. The van der Waals surface area contributed by atoms with Crippen LogP contribution in [0.2, 0.25) is 0 Å². The lowest BCUT2D eigenvalue weighted by atomic mass is 10.0. The second-order valence-corrected chi connectivity index (χ2v) is 14.8. The molecule has 46 heavy (non-hydrogen) atoms. The fourth-order valence-corrected chi connectivity index (χ4v) is 9.32. The Hall–Kier alpha value is -4.03. The van der Waals surface area contributed by atoms with Gasteiger partial charge in [0.05, 0.1) is 29.4 Å². The lowest BCUT2D eigenvalue weighted by Gasteiger charge is -2.30. The van der Waals surface area contributed by atoms with Gasteiger partial charge in [-0.1, -0.05) is 48.5 Å². The highest BCUT2D eigenvalue weighted by atomic mass is 32.2. The van der Waals surface area contributed by atoms with Crippen molar-refractivity contribution >= 4 is 43.9 Å². The smallest absolute Gasteiger partial charge is 0.264 e.